The van der Waals surface area contributed by atoms with E-state index in [0.29, 0.717) is 24.2 Å². The summed E-state index contributed by atoms with van der Waals surface area (Å²) >= 11 is 0. The van der Waals surface area contributed by atoms with Gasteiger partial charge in [0.1, 0.15) is 11.6 Å². The van der Waals surface area contributed by atoms with Crippen molar-refractivity contribution in [1.82, 2.24) is 20.0 Å². The van der Waals surface area contributed by atoms with Gasteiger partial charge in [-0.1, -0.05) is 24.3 Å². The number of nitrogens with one attached hydrogen (secondary N) is 1. The molecule has 1 aliphatic heterocycles. The number of hydrogen-bond donors (Lipinski definition) is 1. The summed E-state index contributed by atoms with van der Waals surface area (Å²) in [5, 5.41) is 2.98. The summed E-state index contributed by atoms with van der Waals surface area (Å²) in [6.45, 7) is 4.98. The summed E-state index contributed by atoms with van der Waals surface area (Å²) < 4.78 is 27.6. The minimum absolute atomic E-state index is 0.221. The van der Waals surface area contributed by atoms with Crippen LogP contribution in [0, 0.1) is 11.6 Å². The summed E-state index contributed by atoms with van der Waals surface area (Å²) in [6.07, 6.45) is 1.10. The monoisotopic (exact) mass is 416 g/mol. The van der Waals surface area contributed by atoms with Gasteiger partial charge in [-0.3, -0.25) is 4.90 Å². The van der Waals surface area contributed by atoms with Gasteiger partial charge in [0.15, 0.2) is 0 Å². The number of carbonyl (C=O) groups excluding carboxylic acids is 1. The van der Waals surface area contributed by atoms with Crippen molar-refractivity contribution in [2.75, 3.05) is 53.4 Å². The molecule has 0 spiro atoms. The first kappa shape index (κ1) is 22.2. The number of piperazine rings is 1. The number of rotatable bonds is 7. The molecule has 3 rings (SSSR count). The molecule has 0 saturated carbocycles. The van der Waals surface area contributed by atoms with Gasteiger partial charge in [-0.15, -0.1) is 0 Å². The second-order valence-corrected chi connectivity index (χ2v) is 7.98. The van der Waals surface area contributed by atoms with Gasteiger partial charge in [-0.25, -0.2) is 13.6 Å². The van der Waals surface area contributed by atoms with E-state index < -0.39 is 17.7 Å². The molecule has 0 bridgehead atoms. The molecular weight excluding hydrogens is 386 g/mol. The van der Waals surface area contributed by atoms with Crippen molar-refractivity contribution < 1.29 is 13.6 Å². The molecule has 1 aliphatic rings. The normalized spacial score (nSPS) is 15.1. The lowest BCUT2D eigenvalue weighted by atomic mass is 9.98. The molecule has 1 fully saturated rings. The highest BCUT2D eigenvalue weighted by Gasteiger charge is 2.24. The summed E-state index contributed by atoms with van der Waals surface area (Å²) in [5.41, 5.74) is 1.16. The number of benzene rings is 2. The molecule has 2 aromatic carbocycles. The number of carbonyl (C=O) groups is 1. The van der Waals surface area contributed by atoms with Crippen LogP contribution in [0.1, 0.15) is 23.6 Å². The molecule has 2 amide bonds. The van der Waals surface area contributed by atoms with E-state index in [1.807, 2.05) is 0 Å². The van der Waals surface area contributed by atoms with Gasteiger partial charge in [-0.05, 0) is 69.0 Å². The molecule has 30 heavy (non-hydrogen) atoms. The van der Waals surface area contributed by atoms with Gasteiger partial charge in [0.2, 0.25) is 0 Å². The predicted octanol–water partition coefficient (Wildman–Crippen LogP) is 3.33. The van der Waals surface area contributed by atoms with Crippen LogP contribution in [-0.4, -0.2) is 74.1 Å². The van der Waals surface area contributed by atoms with Crippen molar-refractivity contribution >= 4 is 6.03 Å². The highest BCUT2D eigenvalue weighted by atomic mass is 19.1. The van der Waals surface area contributed by atoms with Crippen molar-refractivity contribution in [2.45, 2.75) is 12.5 Å². The quantitative estimate of drug-likeness (QED) is 0.753. The highest BCUT2D eigenvalue weighted by molar-refractivity contribution is 5.75. The zero-order valence-corrected chi connectivity index (χ0v) is 17.7. The number of urea groups is 1. The molecule has 0 radical (unpaired) electrons. The van der Waals surface area contributed by atoms with E-state index >= 15 is 0 Å². The third kappa shape index (κ3) is 6.24. The first-order valence-corrected chi connectivity index (χ1v) is 10.4. The summed E-state index contributed by atoms with van der Waals surface area (Å²) in [5.74, 6) is -0.788. The fraction of sp³-hybridized carbons (Fsp3) is 0.435. The molecule has 5 nitrogen and oxygen atoms in total. The molecule has 1 saturated heterocycles. The van der Waals surface area contributed by atoms with Gasteiger partial charge in [0, 0.05) is 26.2 Å². The van der Waals surface area contributed by atoms with Gasteiger partial charge in [-0.2, -0.15) is 0 Å². The number of nitrogens with zero attached hydrogens (tertiary/aromatic N) is 3. The largest absolute Gasteiger partial charge is 0.327 e. The SMILES string of the molecule is CN(C)CCCN1CCN(C(=O)NC(c2cccc(F)c2)c2cccc(F)c2)CC1. The minimum Gasteiger partial charge on any atom is -0.327 e. The molecule has 0 aliphatic carbocycles. The lowest BCUT2D eigenvalue weighted by molar-refractivity contribution is 0.135. The Balaban J connectivity index is 1.64. The molecule has 1 heterocycles. The van der Waals surface area contributed by atoms with E-state index in [4.69, 9.17) is 0 Å². The molecule has 1 N–H and O–H groups in total. The molecule has 2 aromatic rings. The smallest absolute Gasteiger partial charge is 0.318 e. The third-order valence-corrected chi connectivity index (χ3v) is 5.37. The standard InChI is InChI=1S/C23H30F2N4O/c1-27(2)10-5-11-28-12-14-29(15-13-28)23(30)26-22(18-6-3-8-20(24)16-18)19-7-4-9-21(25)17-19/h3-4,6-9,16-17,22H,5,10-15H2,1-2H3,(H,26,30). The van der Waals surface area contributed by atoms with Gasteiger partial charge < -0.3 is 15.1 Å². The minimum atomic E-state index is -0.623. The first-order valence-electron chi connectivity index (χ1n) is 10.4. The zero-order valence-electron chi connectivity index (χ0n) is 17.7. The second kappa shape index (κ2) is 10.5. The van der Waals surface area contributed by atoms with E-state index in [-0.39, 0.29) is 6.03 Å². The molecule has 0 aromatic heterocycles. The van der Waals surface area contributed by atoms with Crippen molar-refractivity contribution in [3.8, 4) is 0 Å². The maximum absolute atomic E-state index is 13.8. The highest BCUT2D eigenvalue weighted by Crippen LogP contribution is 2.24. The van der Waals surface area contributed by atoms with Gasteiger partial charge in [0.05, 0.1) is 6.04 Å². The van der Waals surface area contributed by atoms with E-state index in [2.05, 4.69) is 29.2 Å². The summed E-state index contributed by atoms with van der Waals surface area (Å²) in [7, 11) is 4.13. The van der Waals surface area contributed by atoms with Crippen LogP contribution in [0.15, 0.2) is 48.5 Å². The molecule has 7 heteroatoms. The van der Waals surface area contributed by atoms with Crippen LogP contribution in [0.5, 0.6) is 0 Å². The number of amides is 2. The lowest BCUT2D eigenvalue weighted by Crippen LogP contribution is -2.52. The van der Waals surface area contributed by atoms with E-state index in [1.165, 1.54) is 24.3 Å². The number of hydrogen-bond acceptors (Lipinski definition) is 3. The summed E-state index contributed by atoms with van der Waals surface area (Å²) in [6, 6.07) is 11.3. The van der Waals surface area contributed by atoms with Crippen LogP contribution in [0.2, 0.25) is 0 Å². The Morgan fingerprint density at radius 1 is 1.00 bits per heavy atom. The van der Waals surface area contributed by atoms with E-state index in [0.717, 1.165) is 32.6 Å². The van der Waals surface area contributed by atoms with E-state index in [1.54, 1.807) is 29.2 Å². The molecular formula is C23H30F2N4O. The Morgan fingerprint density at radius 2 is 1.57 bits per heavy atom. The van der Waals surface area contributed by atoms with Crippen LogP contribution in [-0.2, 0) is 0 Å². The van der Waals surface area contributed by atoms with Crippen molar-refractivity contribution in [2.24, 2.45) is 0 Å². The first-order chi connectivity index (χ1) is 14.4. The van der Waals surface area contributed by atoms with Gasteiger partial charge in [0.25, 0.3) is 0 Å². The maximum Gasteiger partial charge on any atom is 0.318 e. The predicted molar refractivity (Wildman–Crippen MR) is 114 cm³/mol. The van der Waals surface area contributed by atoms with E-state index in [9.17, 15) is 13.6 Å². The van der Waals surface area contributed by atoms with Crippen LogP contribution in [0.4, 0.5) is 13.6 Å². The van der Waals surface area contributed by atoms with Crippen LogP contribution >= 0.6 is 0 Å². The zero-order chi connectivity index (χ0) is 21.5. The lowest BCUT2D eigenvalue weighted by Gasteiger charge is -2.35. The Morgan fingerprint density at radius 3 is 2.07 bits per heavy atom. The average molecular weight is 417 g/mol. The third-order valence-electron chi connectivity index (χ3n) is 5.37. The maximum atomic E-state index is 13.8. The van der Waals surface area contributed by atoms with Crippen LogP contribution in [0.3, 0.4) is 0 Å². The molecule has 162 valence electrons. The Hall–Kier alpha value is -2.51. The Kier molecular flexibility index (Phi) is 7.76. The second-order valence-electron chi connectivity index (χ2n) is 7.98. The Bertz CT molecular complexity index is 792. The van der Waals surface area contributed by atoms with Crippen molar-refractivity contribution in [1.29, 1.82) is 0 Å². The molecule has 0 atom stereocenters. The number of halogens is 2. The fourth-order valence-electron chi connectivity index (χ4n) is 3.73. The fourth-order valence-corrected chi connectivity index (χ4v) is 3.73. The average Bonchev–Trinajstić information content (AvgIpc) is 2.72. The topological polar surface area (TPSA) is 38.8 Å². The van der Waals surface area contributed by atoms with Crippen molar-refractivity contribution in [3.63, 3.8) is 0 Å². The van der Waals surface area contributed by atoms with Crippen molar-refractivity contribution in [3.05, 3.63) is 71.3 Å². The van der Waals surface area contributed by atoms with Crippen LogP contribution < -0.4 is 5.32 Å². The van der Waals surface area contributed by atoms with Crippen LogP contribution in [0.25, 0.3) is 0 Å². The molecule has 0 unspecified atom stereocenters. The summed E-state index contributed by atoms with van der Waals surface area (Å²) in [4.78, 5) is 19.2. The van der Waals surface area contributed by atoms with Gasteiger partial charge >= 0.3 is 6.03 Å². The Labute approximate surface area is 177 Å².